The van der Waals surface area contributed by atoms with E-state index in [2.05, 4.69) is 0 Å². The highest BCUT2D eigenvalue weighted by Gasteiger charge is 2.43. The van der Waals surface area contributed by atoms with Crippen LogP contribution in [0.3, 0.4) is 0 Å². The first-order valence-corrected chi connectivity index (χ1v) is 6.35. The number of carbonyl (C=O) groups is 1. The number of nitrogens with two attached hydrogens (primary N) is 1. The minimum absolute atomic E-state index is 0.186. The van der Waals surface area contributed by atoms with E-state index in [0.29, 0.717) is 13.1 Å². The summed E-state index contributed by atoms with van der Waals surface area (Å²) in [7, 11) is 0. The Morgan fingerprint density at radius 3 is 2.62 bits per heavy atom. The van der Waals surface area contributed by atoms with E-state index in [1.54, 1.807) is 0 Å². The minimum Gasteiger partial charge on any atom is -0.391 e. The Labute approximate surface area is 96.8 Å². The molecule has 0 spiro atoms. The SMILES string of the molecule is NCC1(C(=O)N2CCCC(O)C2)CCCC1. The van der Waals surface area contributed by atoms with Crippen LogP contribution in [0.5, 0.6) is 0 Å². The van der Waals surface area contributed by atoms with E-state index in [-0.39, 0.29) is 17.4 Å². The second-order valence-corrected chi connectivity index (χ2v) is 5.24. The van der Waals surface area contributed by atoms with Gasteiger partial charge in [-0.2, -0.15) is 0 Å². The van der Waals surface area contributed by atoms with Gasteiger partial charge in [0.2, 0.25) is 5.91 Å². The van der Waals surface area contributed by atoms with Crippen LogP contribution in [0.25, 0.3) is 0 Å². The minimum atomic E-state index is -0.339. The van der Waals surface area contributed by atoms with E-state index in [9.17, 15) is 9.90 Å². The highest BCUT2D eigenvalue weighted by molar-refractivity contribution is 5.83. The molecule has 0 bridgehead atoms. The van der Waals surface area contributed by atoms with Gasteiger partial charge in [-0.15, -0.1) is 0 Å². The topological polar surface area (TPSA) is 66.6 Å². The van der Waals surface area contributed by atoms with Gasteiger partial charge < -0.3 is 15.7 Å². The molecular formula is C12H22N2O2. The molecule has 2 aliphatic rings. The Morgan fingerprint density at radius 1 is 1.38 bits per heavy atom. The molecule has 1 saturated heterocycles. The normalized spacial score (nSPS) is 29.4. The smallest absolute Gasteiger partial charge is 0.230 e. The molecule has 1 unspecified atom stereocenters. The lowest BCUT2D eigenvalue weighted by molar-refractivity contribution is -0.144. The molecule has 0 radical (unpaired) electrons. The number of hydrogen-bond acceptors (Lipinski definition) is 3. The fraction of sp³-hybridized carbons (Fsp3) is 0.917. The third kappa shape index (κ3) is 2.09. The summed E-state index contributed by atoms with van der Waals surface area (Å²) < 4.78 is 0. The Kier molecular flexibility index (Phi) is 3.50. The first-order chi connectivity index (χ1) is 7.68. The number of aliphatic hydroxyl groups is 1. The number of amides is 1. The molecule has 92 valence electrons. The Balaban J connectivity index is 2.04. The summed E-state index contributed by atoms with van der Waals surface area (Å²) >= 11 is 0. The van der Waals surface area contributed by atoms with Gasteiger partial charge in [0.1, 0.15) is 0 Å². The monoisotopic (exact) mass is 226 g/mol. The fourth-order valence-electron chi connectivity index (χ4n) is 3.03. The number of nitrogens with zero attached hydrogens (tertiary/aromatic N) is 1. The quantitative estimate of drug-likeness (QED) is 0.720. The molecule has 1 aliphatic carbocycles. The van der Waals surface area contributed by atoms with Crippen molar-refractivity contribution in [1.29, 1.82) is 0 Å². The van der Waals surface area contributed by atoms with E-state index in [1.807, 2.05) is 4.90 Å². The maximum absolute atomic E-state index is 12.4. The molecule has 0 aromatic rings. The van der Waals surface area contributed by atoms with Crippen LogP contribution in [-0.4, -0.2) is 41.7 Å². The number of likely N-dealkylation sites (tertiary alicyclic amines) is 1. The molecule has 2 fully saturated rings. The summed E-state index contributed by atoms with van der Waals surface area (Å²) in [4.78, 5) is 14.3. The van der Waals surface area contributed by atoms with Crippen molar-refractivity contribution in [2.75, 3.05) is 19.6 Å². The predicted molar refractivity (Wildman–Crippen MR) is 61.8 cm³/mol. The van der Waals surface area contributed by atoms with Gasteiger partial charge in [0, 0.05) is 19.6 Å². The second kappa shape index (κ2) is 4.72. The molecular weight excluding hydrogens is 204 g/mol. The molecule has 0 aromatic carbocycles. The van der Waals surface area contributed by atoms with E-state index in [0.717, 1.165) is 45.1 Å². The summed E-state index contributed by atoms with van der Waals surface area (Å²) in [5.74, 6) is 0.186. The summed E-state index contributed by atoms with van der Waals surface area (Å²) in [6.07, 6.45) is 5.46. The van der Waals surface area contributed by atoms with Crippen molar-refractivity contribution < 1.29 is 9.90 Å². The van der Waals surface area contributed by atoms with Gasteiger partial charge in [-0.1, -0.05) is 12.8 Å². The van der Waals surface area contributed by atoms with Crippen molar-refractivity contribution >= 4 is 5.91 Å². The lowest BCUT2D eigenvalue weighted by Crippen LogP contribution is -2.51. The number of β-amino-alcohol motifs (C(OH)–C–C–N with tert-alkyl or cyclic N) is 1. The van der Waals surface area contributed by atoms with Crippen molar-refractivity contribution in [2.24, 2.45) is 11.1 Å². The Bertz CT molecular complexity index is 262. The van der Waals surface area contributed by atoms with Crippen molar-refractivity contribution in [3.05, 3.63) is 0 Å². The Morgan fingerprint density at radius 2 is 2.06 bits per heavy atom. The maximum Gasteiger partial charge on any atom is 0.230 e. The maximum atomic E-state index is 12.4. The summed E-state index contributed by atoms with van der Waals surface area (Å²) in [6.45, 7) is 1.75. The van der Waals surface area contributed by atoms with Gasteiger partial charge in [-0.05, 0) is 25.7 Å². The molecule has 16 heavy (non-hydrogen) atoms. The highest BCUT2D eigenvalue weighted by Crippen LogP contribution is 2.39. The van der Waals surface area contributed by atoms with Crippen molar-refractivity contribution in [3.63, 3.8) is 0 Å². The zero-order chi connectivity index (χ0) is 11.6. The number of rotatable bonds is 2. The standard InChI is InChI=1S/C12H22N2O2/c13-9-12(5-1-2-6-12)11(16)14-7-3-4-10(15)8-14/h10,15H,1-9,13H2. The summed E-state index contributed by atoms with van der Waals surface area (Å²) in [6, 6.07) is 0. The van der Waals surface area contributed by atoms with E-state index < -0.39 is 0 Å². The molecule has 1 heterocycles. The third-order valence-electron chi connectivity index (χ3n) is 4.09. The van der Waals surface area contributed by atoms with Gasteiger partial charge in [0.25, 0.3) is 0 Å². The van der Waals surface area contributed by atoms with Crippen LogP contribution in [0.15, 0.2) is 0 Å². The average Bonchev–Trinajstić information content (AvgIpc) is 2.78. The summed E-state index contributed by atoms with van der Waals surface area (Å²) in [5, 5.41) is 9.60. The zero-order valence-corrected chi connectivity index (χ0v) is 9.82. The molecule has 1 aliphatic heterocycles. The second-order valence-electron chi connectivity index (χ2n) is 5.24. The molecule has 1 amide bonds. The fourth-order valence-corrected chi connectivity index (χ4v) is 3.03. The van der Waals surface area contributed by atoms with E-state index >= 15 is 0 Å². The van der Waals surface area contributed by atoms with Crippen LogP contribution in [0.2, 0.25) is 0 Å². The lowest BCUT2D eigenvalue weighted by atomic mass is 9.84. The lowest BCUT2D eigenvalue weighted by Gasteiger charge is -2.37. The van der Waals surface area contributed by atoms with Crippen LogP contribution in [0, 0.1) is 5.41 Å². The third-order valence-corrected chi connectivity index (χ3v) is 4.09. The largest absolute Gasteiger partial charge is 0.391 e. The van der Waals surface area contributed by atoms with Gasteiger partial charge in [0.05, 0.1) is 11.5 Å². The van der Waals surface area contributed by atoms with Crippen LogP contribution < -0.4 is 5.73 Å². The van der Waals surface area contributed by atoms with Crippen LogP contribution in [-0.2, 0) is 4.79 Å². The molecule has 4 nitrogen and oxygen atoms in total. The molecule has 1 atom stereocenters. The number of hydrogen-bond donors (Lipinski definition) is 2. The van der Waals surface area contributed by atoms with Crippen molar-refractivity contribution in [1.82, 2.24) is 4.90 Å². The Hall–Kier alpha value is -0.610. The molecule has 0 aromatic heterocycles. The van der Waals surface area contributed by atoms with Crippen molar-refractivity contribution in [3.8, 4) is 0 Å². The van der Waals surface area contributed by atoms with Gasteiger partial charge >= 0.3 is 0 Å². The highest BCUT2D eigenvalue weighted by atomic mass is 16.3. The summed E-state index contributed by atoms with van der Waals surface area (Å²) in [5.41, 5.74) is 5.49. The van der Waals surface area contributed by atoms with Gasteiger partial charge in [0.15, 0.2) is 0 Å². The molecule has 3 N–H and O–H groups in total. The van der Waals surface area contributed by atoms with Gasteiger partial charge in [-0.25, -0.2) is 0 Å². The van der Waals surface area contributed by atoms with Crippen LogP contribution in [0.4, 0.5) is 0 Å². The van der Waals surface area contributed by atoms with Crippen LogP contribution >= 0.6 is 0 Å². The number of carbonyl (C=O) groups excluding carboxylic acids is 1. The first-order valence-electron chi connectivity index (χ1n) is 6.35. The van der Waals surface area contributed by atoms with E-state index in [4.69, 9.17) is 5.73 Å². The van der Waals surface area contributed by atoms with Crippen LogP contribution in [0.1, 0.15) is 38.5 Å². The number of aliphatic hydroxyl groups excluding tert-OH is 1. The molecule has 4 heteroatoms. The molecule has 1 saturated carbocycles. The van der Waals surface area contributed by atoms with E-state index in [1.165, 1.54) is 0 Å². The predicted octanol–water partition coefficient (Wildman–Crippen LogP) is 0.489. The number of piperidine rings is 1. The molecule has 2 rings (SSSR count). The average molecular weight is 226 g/mol. The van der Waals surface area contributed by atoms with Gasteiger partial charge in [-0.3, -0.25) is 4.79 Å². The zero-order valence-electron chi connectivity index (χ0n) is 9.82. The van der Waals surface area contributed by atoms with Crippen molar-refractivity contribution in [2.45, 2.75) is 44.6 Å². The first kappa shape index (κ1) is 11.9.